The molecule has 114 valence electrons. The SMILES string of the molecule is Cc1ccc(N2CCC(NC(=O)C(C)(C)C)C2=O)cc1C. The van der Waals surface area contributed by atoms with Crippen LogP contribution in [0.3, 0.4) is 0 Å². The monoisotopic (exact) mass is 288 g/mol. The Bertz CT molecular complexity index is 573. The van der Waals surface area contributed by atoms with E-state index in [1.54, 1.807) is 4.90 Å². The van der Waals surface area contributed by atoms with Gasteiger partial charge in [0.1, 0.15) is 6.04 Å². The molecule has 0 radical (unpaired) electrons. The van der Waals surface area contributed by atoms with Crippen molar-refractivity contribution in [2.75, 3.05) is 11.4 Å². The summed E-state index contributed by atoms with van der Waals surface area (Å²) in [6, 6.07) is 5.62. The molecule has 0 aliphatic carbocycles. The fourth-order valence-corrected chi connectivity index (χ4v) is 2.34. The van der Waals surface area contributed by atoms with Gasteiger partial charge >= 0.3 is 0 Å². The fraction of sp³-hybridized carbons (Fsp3) is 0.529. The van der Waals surface area contributed by atoms with Gasteiger partial charge in [0.2, 0.25) is 11.8 Å². The van der Waals surface area contributed by atoms with E-state index in [2.05, 4.69) is 12.2 Å². The molecule has 1 aromatic rings. The lowest BCUT2D eigenvalue weighted by Crippen LogP contribution is -2.45. The maximum Gasteiger partial charge on any atom is 0.249 e. The number of rotatable bonds is 2. The molecule has 1 aromatic carbocycles. The first-order valence-corrected chi connectivity index (χ1v) is 7.40. The van der Waals surface area contributed by atoms with Gasteiger partial charge in [0.05, 0.1) is 0 Å². The van der Waals surface area contributed by atoms with Crippen LogP contribution in [-0.4, -0.2) is 24.4 Å². The van der Waals surface area contributed by atoms with Crippen molar-refractivity contribution in [3.05, 3.63) is 29.3 Å². The van der Waals surface area contributed by atoms with Crippen LogP contribution in [0.5, 0.6) is 0 Å². The van der Waals surface area contributed by atoms with Crippen molar-refractivity contribution in [1.82, 2.24) is 5.32 Å². The van der Waals surface area contributed by atoms with Crippen LogP contribution in [0, 0.1) is 19.3 Å². The first kappa shape index (κ1) is 15.5. The lowest BCUT2D eigenvalue weighted by Gasteiger charge is -2.22. The molecule has 1 heterocycles. The lowest BCUT2D eigenvalue weighted by atomic mass is 9.95. The topological polar surface area (TPSA) is 49.4 Å². The molecule has 0 saturated carbocycles. The molecular weight excluding hydrogens is 264 g/mol. The number of nitrogens with zero attached hydrogens (tertiary/aromatic N) is 1. The van der Waals surface area contributed by atoms with E-state index < -0.39 is 11.5 Å². The molecule has 4 nitrogen and oxygen atoms in total. The molecule has 1 fully saturated rings. The summed E-state index contributed by atoms with van der Waals surface area (Å²) < 4.78 is 0. The Morgan fingerprint density at radius 2 is 1.90 bits per heavy atom. The summed E-state index contributed by atoms with van der Waals surface area (Å²) >= 11 is 0. The summed E-state index contributed by atoms with van der Waals surface area (Å²) in [6.45, 7) is 10.3. The van der Waals surface area contributed by atoms with Crippen LogP contribution in [0.25, 0.3) is 0 Å². The van der Waals surface area contributed by atoms with E-state index in [0.29, 0.717) is 13.0 Å². The molecule has 2 amide bonds. The van der Waals surface area contributed by atoms with Crippen LogP contribution in [0.1, 0.15) is 38.3 Å². The van der Waals surface area contributed by atoms with Gasteiger partial charge < -0.3 is 10.2 Å². The van der Waals surface area contributed by atoms with Crippen molar-refractivity contribution in [3.8, 4) is 0 Å². The molecule has 1 N–H and O–H groups in total. The summed E-state index contributed by atoms with van der Waals surface area (Å²) in [4.78, 5) is 26.3. The van der Waals surface area contributed by atoms with Gasteiger partial charge in [0, 0.05) is 17.6 Å². The molecule has 21 heavy (non-hydrogen) atoms. The molecule has 0 aromatic heterocycles. The number of benzene rings is 1. The second-order valence-corrected chi connectivity index (χ2v) is 6.82. The quantitative estimate of drug-likeness (QED) is 0.909. The molecule has 1 unspecified atom stereocenters. The van der Waals surface area contributed by atoms with Crippen molar-refractivity contribution in [1.29, 1.82) is 0 Å². The third kappa shape index (κ3) is 3.26. The maximum atomic E-state index is 12.5. The molecule has 1 atom stereocenters. The number of aryl methyl sites for hydroxylation is 2. The van der Waals surface area contributed by atoms with Gasteiger partial charge in [-0.15, -0.1) is 0 Å². The van der Waals surface area contributed by atoms with E-state index >= 15 is 0 Å². The average Bonchev–Trinajstić information content (AvgIpc) is 2.73. The zero-order valence-corrected chi connectivity index (χ0v) is 13.5. The second-order valence-electron chi connectivity index (χ2n) is 6.82. The zero-order chi connectivity index (χ0) is 15.8. The molecule has 4 heteroatoms. The van der Waals surface area contributed by atoms with Gasteiger partial charge in [-0.2, -0.15) is 0 Å². The molecule has 1 saturated heterocycles. The average molecular weight is 288 g/mol. The van der Waals surface area contributed by atoms with E-state index in [0.717, 1.165) is 5.69 Å². The van der Waals surface area contributed by atoms with Crippen molar-refractivity contribution in [2.24, 2.45) is 5.41 Å². The van der Waals surface area contributed by atoms with Crippen LogP contribution in [0.4, 0.5) is 5.69 Å². The number of hydrogen-bond donors (Lipinski definition) is 1. The third-order valence-electron chi connectivity index (χ3n) is 3.99. The van der Waals surface area contributed by atoms with Crippen molar-refractivity contribution in [2.45, 2.75) is 47.1 Å². The number of carbonyl (C=O) groups is 2. The molecular formula is C17H24N2O2. The summed E-state index contributed by atoms with van der Waals surface area (Å²) in [6.07, 6.45) is 0.660. The van der Waals surface area contributed by atoms with Gasteiger partial charge in [-0.1, -0.05) is 26.8 Å². The molecule has 1 aliphatic rings. The fourth-order valence-electron chi connectivity index (χ4n) is 2.34. The van der Waals surface area contributed by atoms with Crippen molar-refractivity contribution in [3.63, 3.8) is 0 Å². The van der Waals surface area contributed by atoms with Crippen LogP contribution in [0.15, 0.2) is 18.2 Å². The third-order valence-corrected chi connectivity index (χ3v) is 3.99. The van der Waals surface area contributed by atoms with E-state index in [1.165, 1.54) is 11.1 Å². The smallest absolute Gasteiger partial charge is 0.249 e. The highest BCUT2D eigenvalue weighted by Gasteiger charge is 2.35. The largest absolute Gasteiger partial charge is 0.344 e. The first-order chi connectivity index (χ1) is 9.70. The van der Waals surface area contributed by atoms with E-state index in [4.69, 9.17) is 0 Å². The van der Waals surface area contributed by atoms with Crippen LogP contribution in [-0.2, 0) is 9.59 Å². The summed E-state index contributed by atoms with van der Waals surface area (Å²) in [5, 5.41) is 2.86. The molecule has 0 bridgehead atoms. The highest BCUT2D eigenvalue weighted by molar-refractivity contribution is 6.01. The van der Waals surface area contributed by atoms with E-state index in [1.807, 2.05) is 45.9 Å². The molecule has 0 spiro atoms. The number of amides is 2. The number of hydrogen-bond acceptors (Lipinski definition) is 2. The predicted octanol–water partition coefficient (Wildman–Crippen LogP) is 2.57. The Balaban J connectivity index is 2.11. The molecule has 2 rings (SSSR count). The first-order valence-electron chi connectivity index (χ1n) is 7.40. The van der Waals surface area contributed by atoms with Gasteiger partial charge in [0.25, 0.3) is 0 Å². The summed E-state index contributed by atoms with van der Waals surface area (Å²) in [5.74, 6) is -0.0985. The van der Waals surface area contributed by atoms with E-state index in [-0.39, 0.29) is 11.8 Å². The van der Waals surface area contributed by atoms with Gasteiger partial charge in [-0.25, -0.2) is 0 Å². The Hall–Kier alpha value is -1.84. The number of carbonyl (C=O) groups excluding carboxylic acids is 2. The minimum Gasteiger partial charge on any atom is -0.344 e. The van der Waals surface area contributed by atoms with Crippen molar-refractivity contribution < 1.29 is 9.59 Å². The van der Waals surface area contributed by atoms with Crippen LogP contribution < -0.4 is 10.2 Å². The van der Waals surface area contributed by atoms with E-state index in [9.17, 15) is 9.59 Å². The Morgan fingerprint density at radius 3 is 2.48 bits per heavy atom. The normalized spacial score (nSPS) is 19.0. The Labute approximate surface area is 126 Å². The predicted molar refractivity (Wildman–Crippen MR) is 84.3 cm³/mol. The summed E-state index contributed by atoms with van der Waals surface area (Å²) in [5.41, 5.74) is 2.81. The second kappa shape index (κ2) is 5.51. The standard InChI is InChI=1S/C17H24N2O2/c1-11-6-7-13(10-12(11)2)19-9-8-14(15(19)20)18-16(21)17(3,4)5/h6-7,10,14H,8-9H2,1-5H3,(H,18,21). The van der Waals surface area contributed by atoms with Crippen molar-refractivity contribution >= 4 is 17.5 Å². The minimum atomic E-state index is -0.478. The lowest BCUT2D eigenvalue weighted by molar-refractivity contribution is -0.131. The molecule has 1 aliphatic heterocycles. The van der Waals surface area contributed by atoms with Crippen LogP contribution >= 0.6 is 0 Å². The van der Waals surface area contributed by atoms with Crippen LogP contribution in [0.2, 0.25) is 0 Å². The number of anilines is 1. The summed E-state index contributed by atoms with van der Waals surface area (Å²) in [7, 11) is 0. The highest BCUT2D eigenvalue weighted by Crippen LogP contribution is 2.24. The Morgan fingerprint density at radius 1 is 1.24 bits per heavy atom. The maximum absolute atomic E-state index is 12.5. The minimum absolute atomic E-state index is 0.0177. The number of nitrogens with one attached hydrogen (secondary N) is 1. The zero-order valence-electron chi connectivity index (χ0n) is 13.5. The van der Waals surface area contributed by atoms with Gasteiger partial charge in [-0.3, -0.25) is 9.59 Å². The van der Waals surface area contributed by atoms with Gasteiger partial charge in [0.15, 0.2) is 0 Å². The Kier molecular flexibility index (Phi) is 4.08. The van der Waals surface area contributed by atoms with Gasteiger partial charge in [-0.05, 0) is 43.5 Å². The highest BCUT2D eigenvalue weighted by atomic mass is 16.2.